The van der Waals surface area contributed by atoms with E-state index in [2.05, 4.69) is 35.5 Å². The van der Waals surface area contributed by atoms with Crippen molar-refractivity contribution in [3.63, 3.8) is 0 Å². The van der Waals surface area contributed by atoms with Gasteiger partial charge in [0, 0.05) is 43.1 Å². The van der Waals surface area contributed by atoms with E-state index in [1.54, 1.807) is 24.3 Å². The lowest BCUT2D eigenvalue weighted by molar-refractivity contribution is -0.132. The van der Waals surface area contributed by atoms with E-state index in [0.29, 0.717) is 16.5 Å². The minimum atomic E-state index is -0.0163. The number of hydrogen-bond acceptors (Lipinski definition) is 3. The van der Waals surface area contributed by atoms with Crippen molar-refractivity contribution < 1.29 is 9.59 Å². The van der Waals surface area contributed by atoms with Crippen LogP contribution >= 0.6 is 11.6 Å². The minimum Gasteiger partial charge on any atom is -0.343 e. The van der Waals surface area contributed by atoms with Crippen molar-refractivity contribution in [1.82, 2.24) is 14.5 Å². The molecule has 2 aromatic carbocycles. The number of fused-ring (bicyclic) bond motifs is 1. The van der Waals surface area contributed by atoms with Crippen molar-refractivity contribution in [2.45, 2.75) is 46.1 Å². The Balaban J connectivity index is 1.27. The summed E-state index contributed by atoms with van der Waals surface area (Å²) in [5.74, 6) is 0.580. The minimum absolute atomic E-state index is 0.0163. The number of hydrogen-bond donors (Lipinski definition) is 0. The van der Waals surface area contributed by atoms with Crippen LogP contribution in [0.2, 0.25) is 5.02 Å². The second-order valence-corrected chi connectivity index (χ2v) is 9.01. The maximum Gasteiger partial charge on any atom is 0.223 e. The number of aromatic nitrogens is 2. The number of rotatable bonds is 6. The second kappa shape index (κ2) is 9.23. The SMILES string of the molecule is Cc1cc2ncn(CC3CCN(C(=O)CCC(=O)c4ccc(Cl)cc4)CC3)c2cc1C. The van der Waals surface area contributed by atoms with Crippen molar-refractivity contribution in [2.24, 2.45) is 5.92 Å². The Hall–Kier alpha value is -2.66. The fourth-order valence-electron chi connectivity index (χ4n) is 4.26. The zero-order chi connectivity index (χ0) is 22.0. The molecule has 1 amide bonds. The van der Waals surface area contributed by atoms with Gasteiger partial charge >= 0.3 is 0 Å². The summed E-state index contributed by atoms with van der Waals surface area (Å²) < 4.78 is 2.24. The number of benzene rings is 2. The quantitative estimate of drug-likeness (QED) is 0.497. The van der Waals surface area contributed by atoms with E-state index in [1.165, 1.54) is 16.6 Å². The van der Waals surface area contributed by atoms with Crippen molar-refractivity contribution in [3.8, 4) is 0 Å². The Morgan fingerprint density at radius 1 is 1.03 bits per heavy atom. The Kier molecular flexibility index (Phi) is 6.42. The predicted molar refractivity (Wildman–Crippen MR) is 124 cm³/mol. The Morgan fingerprint density at radius 2 is 1.71 bits per heavy atom. The third-order valence-corrected chi connectivity index (χ3v) is 6.64. The molecular formula is C25H28ClN3O2. The monoisotopic (exact) mass is 437 g/mol. The number of likely N-dealkylation sites (tertiary alicyclic amines) is 1. The average Bonchev–Trinajstić information content (AvgIpc) is 3.14. The Bertz CT molecular complexity index is 1100. The average molecular weight is 438 g/mol. The highest BCUT2D eigenvalue weighted by Crippen LogP contribution is 2.24. The first kappa shape index (κ1) is 21.6. The lowest BCUT2D eigenvalue weighted by Gasteiger charge is -2.32. The zero-order valence-electron chi connectivity index (χ0n) is 18.1. The van der Waals surface area contributed by atoms with Crippen LogP contribution in [-0.2, 0) is 11.3 Å². The van der Waals surface area contributed by atoms with Crippen molar-refractivity contribution in [1.29, 1.82) is 0 Å². The van der Waals surface area contributed by atoms with Gasteiger partial charge in [0.05, 0.1) is 17.4 Å². The van der Waals surface area contributed by atoms with Gasteiger partial charge < -0.3 is 9.47 Å². The van der Waals surface area contributed by atoms with Gasteiger partial charge in [-0.25, -0.2) is 4.98 Å². The van der Waals surface area contributed by atoms with Crippen molar-refractivity contribution >= 4 is 34.3 Å². The van der Waals surface area contributed by atoms with E-state index < -0.39 is 0 Å². The first-order valence-corrected chi connectivity index (χ1v) is 11.3. The number of amides is 1. The number of halogens is 1. The van der Waals surface area contributed by atoms with E-state index in [1.807, 2.05) is 11.2 Å². The van der Waals surface area contributed by atoms with Crippen LogP contribution in [0.25, 0.3) is 11.0 Å². The summed E-state index contributed by atoms with van der Waals surface area (Å²) in [5, 5.41) is 0.601. The fourth-order valence-corrected chi connectivity index (χ4v) is 4.39. The summed E-state index contributed by atoms with van der Waals surface area (Å²) in [6.07, 6.45) is 4.38. The molecule has 6 heteroatoms. The predicted octanol–water partition coefficient (Wildman–Crippen LogP) is 5.21. The Morgan fingerprint density at radius 3 is 2.42 bits per heavy atom. The van der Waals surface area contributed by atoms with Crippen LogP contribution < -0.4 is 0 Å². The number of carbonyl (C=O) groups excluding carboxylic acids is 2. The highest BCUT2D eigenvalue weighted by atomic mass is 35.5. The topological polar surface area (TPSA) is 55.2 Å². The first-order valence-electron chi connectivity index (χ1n) is 10.9. The molecule has 2 heterocycles. The van der Waals surface area contributed by atoms with Crippen LogP contribution in [-0.4, -0.2) is 39.2 Å². The molecular weight excluding hydrogens is 410 g/mol. The number of aryl methyl sites for hydroxylation is 2. The number of piperidine rings is 1. The van der Waals surface area contributed by atoms with Gasteiger partial charge in [0.15, 0.2) is 5.78 Å². The number of ketones is 1. The maximum absolute atomic E-state index is 12.6. The molecule has 0 aliphatic carbocycles. The van der Waals surface area contributed by atoms with E-state index >= 15 is 0 Å². The van der Waals surface area contributed by atoms with Gasteiger partial charge in [-0.3, -0.25) is 9.59 Å². The number of Topliss-reactive ketones (excluding diaryl/α,β-unsaturated/α-hetero) is 1. The van der Waals surface area contributed by atoms with E-state index in [4.69, 9.17) is 11.6 Å². The lowest BCUT2D eigenvalue weighted by Crippen LogP contribution is -2.39. The van der Waals surface area contributed by atoms with Crippen LogP contribution in [0.5, 0.6) is 0 Å². The molecule has 1 fully saturated rings. The van der Waals surface area contributed by atoms with Gasteiger partial charge in [0.25, 0.3) is 0 Å². The van der Waals surface area contributed by atoms with Gasteiger partial charge in [-0.15, -0.1) is 0 Å². The van der Waals surface area contributed by atoms with E-state index in [0.717, 1.165) is 38.0 Å². The standard InChI is InChI=1S/C25H28ClN3O2/c1-17-13-22-23(14-18(17)2)29(16-27-22)15-19-9-11-28(12-10-19)25(31)8-7-24(30)20-3-5-21(26)6-4-20/h3-6,13-14,16,19H,7-12,15H2,1-2H3. The van der Waals surface area contributed by atoms with Crippen molar-refractivity contribution in [3.05, 3.63) is 64.4 Å². The summed E-state index contributed by atoms with van der Waals surface area (Å²) in [6.45, 7) is 6.68. The molecule has 0 saturated carbocycles. The summed E-state index contributed by atoms with van der Waals surface area (Å²) in [4.78, 5) is 31.4. The molecule has 0 spiro atoms. The maximum atomic E-state index is 12.6. The number of nitrogens with zero attached hydrogens (tertiary/aromatic N) is 3. The van der Waals surface area contributed by atoms with Gasteiger partial charge in [-0.1, -0.05) is 11.6 Å². The van der Waals surface area contributed by atoms with Gasteiger partial charge in [-0.05, 0) is 80.1 Å². The molecule has 0 N–H and O–H groups in total. The molecule has 1 aromatic heterocycles. The van der Waals surface area contributed by atoms with Crippen LogP contribution in [0.4, 0.5) is 0 Å². The third kappa shape index (κ3) is 4.99. The number of carbonyl (C=O) groups is 2. The summed E-state index contributed by atoms with van der Waals surface area (Å²) >= 11 is 5.87. The molecule has 3 aromatic rings. The molecule has 0 radical (unpaired) electrons. The zero-order valence-corrected chi connectivity index (χ0v) is 18.9. The summed E-state index contributed by atoms with van der Waals surface area (Å²) in [5.41, 5.74) is 5.37. The van der Waals surface area contributed by atoms with Gasteiger partial charge in [0.1, 0.15) is 0 Å². The van der Waals surface area contributed by atoms with Gasteiger partial charge in [-0.2, -0.15) is 0 Å². The molecule has 0 bridgehead atoms. The summed E-state index contributed by atoms with van der Waals surface area (Å²) in [6, 6.07) is 11.2. The number of imidazole rings is 1. The molecule has 5 nitrogen and oxygen atoms in total. The smallest absolute Gasteiger partial charge is 0.223 e. The van der Waals surface area contributed by atoms with Crippen LogP contribution in [0.3, 0.4) is 0 Å². The third-order valence-electron chi connectivity index (χ3n) is 6.39. The molecule has 31 heavy (non-hydrogen) atoms. The largest absolute Gasteiger partial charge is 0.343 e. The van der Waals surface area contributed by atoms with Crippen LogP contribution in [0.15, 0.2) is 42.7 Å². The van der Waals surface area contributed by atoms with Crippen LogP contribution in [0.1, 0.15) is 47.2 Å². The second-order valence-electron chi connectivity index (χ2n) is 8.58. The van der Waals surface area contributed by atoms with E-state index in [9.17, 15) is 9.59 Å². The normalized spacial score (nSPS) is 14.9. The molecule has 162 valence electrons. The lowest BCUT2D eigenvalue weighted by atomic mass is 9.96. The first-order chi connectivity index (χ1) is 14.9. The molecule has 1 aliphatic heterocycles. The molecule has 4 rings (SSSR count). The van der Waals surface area contributed by atoms with Crippen LogP contribution in [0, 0.1) is 19.8 Å². The fraction of sp³-hybridized carbons (Fsp3) is 0.400. The summed E-state index contributed by atoms with van der Waals surface area (Å²) in [7, 11) is 0. The molecule has 0 atom stereocenters. The van der Waals surface area contributed by atoms with E-state index in [-0.39, 0.29) is 24.5 Å². The van der Waals surface area contributed by atoms with Crippen molar-refractivity contribution in [2.75, 3.05) is 13.1 Å². The molecule has 0 unspecified atom stereocenters. The highest BCUT2D eigenvalue weighted by Gasteiger charge is 2.24. The van der Waals surface area contributed by atoms with Gasteiger partial charge in [0.2, 0.25) is 5.91 Å². The highest BCUT2D eigenvalue weighted by molar-refractivity contribution is 6.30. The molecule has 1 aliphatic rings. The Labute approximate surface area is 188 Å². The molecule has 1 saturated heterocycles.